The first kappa shape index (κ1) is 11.8. The van der Waals surface area contributed by atoms with Crippen molar-refractivity contribution in [2.75, 3.05) is 12.4 Å². The van der Waals surface area contributed by atoms with E-state index in [1.165, 1.54) is 24.1 Å². The van der Waals surface area contributed by atoms with Gasteiger partial charge in [0.05, 0.1) is 18.5 Å². The molecule has 18 heavy (non-hydrogen) atoms. The monoisotopic (exact) mass is 260 g/mol. The Morgan fingerprint density at radius 2 is 2.06 bits per heavy atom. The van der Waals surface area contributed by atoms with E-state index in [9.17, 15) is 0 Å². The first-order valence-corrected chi connectivity index (χ1v) is 7.25. The molecular weight excluding hydrogens is 244 g/mol. The van der Waals surface area contributed by atoms with E-state index in [4.69, 9.17) is 5.11 Å². The van der Waals surface area contributed by atoms with Crippen LogP contribution < -0.4 is 0 Å². The van der Waals surface area contributed by atoms with Crippen molar-refractivity contribution in [3.8, 4) is 11.3 Å². The fourth-order valence-electron chi connectivity index (χ4n) is 2.10. The summed E-state index contributed by atoms with van der Waals surface area (Å²) >= 11 is 1.63. The normalized spacial score (nSPS) is 14.9. The van der Waals surface area contributed by atoms with Crippen molar-refractivity contribution in [1.29, 1.82) is 0 Å². The molecule has 0 atom stereocenters. The molecule has 0 amide bonds. The van der Waals surface area contributed by atoms with Gasteiger partial charge in [-0.25, -0.2) is 4.98 Å². The fourth-order valence-corrected chi connectivity index (χ4v) is 2.88. The Labute approximate surface area is 111 Å². The van der Waals surface area contributed by atoms with Crippen molar-refractivity contribution >= 4 is 11.8 Å². The van der Waals surface area contributed by atoms with Gasteiger partial charge in [-0.15, -0.1) is 0 Å². The minimum absolute atomic E-state index is 0.197. The third-order valence-electron chi connectivity index (χ3n) is 3.07. The number of hydrogen-bond donors (Lipinski definition) is 1. The van der Waals surface area contributed by atoms with Crippen molar-refractivity contribution in [3.63, 3.8) is 0 Å². The molecule has 0 spiro atoms. The Bertz CT molecular complexity index is 520. The summed E-state index contributed by atoms with van der Waals surface area (Å²) in [5.74, 6) is 0.706. The van der Waals surface area contributed by atoms with Crippen LogP contribution in [0.15, 0.2) is 41.7 Å². The summed E-state index contributed by atoms with van der Waals surface area (Å²) in [6.45, 7) is 0.197. The topological polar surface area (TPSA) is 38.1 Å². The molecule has 0 bridgehead atoms. The van der Waals surface area contributed by atoms with Gasteiger partial charge >= 0.3 is 0 Å². The van der Waals surface area contributed by atoms with Crippen molar-refractivity contribution in [2.24, 2.45) is 0 Å². The molecule has 1 aromatic heterocycles. The van der Waals surface area contributed by atoms with Gasteiger partial charge in [0, 0.05) is 11.8 Å². The SMILES string of the molecule is OCCSc1ncc(-c2ccccc2)n1C1CC1. The van der Waals surface area contributed by atoms with E-state index in [1.54, 1.807) is 11.8 Å². The molecule has 0 unspecified atom stereocenters. The van der Waals surface area contributed by atoms with Gasteiger partial charge in [0.25, 0.3) is 0 Å². The van der Waals surface area contributed by atoms with E-state index in [2.05, 4.69) is 33.8 Å². The van der Waals surface area contributed by atoms with Gasteiger partial charge in [-0.3, -0.25) is 0 Å². The lowest BCUT2D eigenvalue weighted by molar-refractivity contribution is 0.322. The molecule has 3 rings (SSSR count). The molecule has 2 aromatic rings. The second kappa shape index (κ2) is 5.16. The number of thioether (sulfide) groups is 1. The first-order valence-electron chi connectivity index (χ1n) is 6.26. The van der Waals surface area contributed by atoms with Gasteiger partial charge in [-0.05, 0) is 18.4 Å². The number of benzene rings is 1. The molecule has 1 aliphatic rings. The Morgan fingerprint density at radius 3 is 2.72 bits per heavy atom. The highest BCUT2D eigenvalue weighted by Crippen LogP contribution is 2.41. The smallest absolute Gasteiger partial charge is 0.168 e. The predicted octanol–water partition coefficient (Wildman–Crippen LogP) is 2.97. The Balaban J connectivity index is 1.97. The molecule has 1 fully saturated rings. The summed E-state index contributed by atoms with van der Waals surface area (Å²) in [7, 11) is 0. The predicted molar refractivity (Wildman–Crippen MR) is 73.7 cm³/mol. The maximum absolute atomic E-state index is 8.94. The Hall–Kier alpha value is -1.26. The molecule has 94 valence electrons. The quantitative estimate of drug-likeness (QED) is 0.840. The van der Waals surface area contributed by atoms with Crippen LogP contribution in [0, 0.1) is 0 Å². The van der Waals surface area contributed by atoms with Gasteiger partial charge in [0.1, 0.15) is 0 Å². The standard InChI is InChI=1S/C14H16N2OS/c17-8-9-18-14-15-10-13(16(14)12-6-7-12)11-4-2-1-3-5-11/h1-5,10,12,17H,6-9H2. The van der Waals surface area contributed by atoms with Crippen molar-refractivity contribution in [1.82, 2.24) is 9.55 Å². The van der Waals surface area contributed by atoms with Crippen molar-refractivity contribution in [3.05, 3.63) is 36.5 Å². The highest BCUT2D eigenvalue weighted by Gasteiger charge is 2.28. The lowest BCUT2D eigenvalue weighted by atomic mass is 10.2. The second-order valence-corrected chi connectivity index (χ2v) is 5.53. The zero-order valence-electron chi connectivity index (χ0n) is 10.1. The molecule has 1 aliphatic carbocycles. The lowest BCUT2D eigenvalue weighted by Gasteiger charge is -2.10. The lowest BCUT2D eigenvalue weighted by Crippen LogP contribution is -2.00. The molecule has 1 saturated carbocycles. The molecule has 0 aliphatic heterocycles. The molecule has 1 heterocycles. The van der Waals surface area contributed by atoms with Gasteiger partial charge in [-0.1, -0.05) is 42.1 Å². The third kappa shape index (κ3) is 2.31. The number of hydrogen-bond acceptors (Lipinski definition) is 3. The first-order chi connectivity index (χ1) is 8.90. The minimum Gasteiger partial charge on any atom is -0.396 e. The van der Waals surface area contributed by atoms with Gasteiger partial charge in [0.15, 0.2) is 5.16 Å². The van der Waals surface area contributed by atoms with E-state index in [0.29, 0.717) is 11.8 Å². The summed E-state index contributed by atoms with van der Waals surface area (Å²) in [6, 6.07) is 11.0. The largest absolute Gasteiger partial charge is 0.396 e. The van der Waals surface area contributed by atoms with E-state index < -0.39 is 0 Å². The molecule has 1 aromatic carbocycles. The van der Waals surface area contributed by atoms with Crippen LogP contribution >= 0.6 is 11.8 Å². The van der Waals surface area contributed by atoms with E-state index in [0.717, 1.165) is 5.16 Å². The third-order valence-corrected chi connectivity index (χ3v) is 4.01. The number of aliphatic hydroxyl groups excluding tert-OH is 1. The summed E-state index contributed by atoms with van der Waals surface area (Å²) < 4.78 is 2.33. The maximum atomic E-state index is 8.94. The molecular formula is C14H16N2OS. The van der Waals surface area contributed by atoms with Crippen LogP contribution in [0.1, 0.15) is 18.9 Å². The average Bonchev–Trinajstić information content (AvgIpc) is 3.17. The van der Waals surface area contributed by atoms with Crippen LogP contribution in [-0.4, -0.2) is 27.0 Å². The number of imidazole rings is 1. The van der Waals surface area contributed by atoms with Gasteiger partial charge < -0.3 is 9.67 Å². The van der Waals surface area contributed by atoms with Crippen LogP contribution in [-0.2, 0) is 0 Å². The Kier molecular flexibility index (Phi) is 3.39. The summed E-state index contributed by atoms with van der Waals surface area (Å²) in [5.41, 5.74) is 2.41. The van der Waals surface area contributed by atoms with Gasteiger partial charge in [-0.2, -0.15) is 0 Å². The van der Waals surface area contributed by atoms with Crippen molar-refractivity contribution in [2.45, 2.75) is 24.0 Å². The summed E-state index contributed by atoms with van der Waals surface area (Å²) in [6.07, 6.45) is 4.43. The second-order valence-electron chi connectivity index (χ2n) is 4.47. The zero-order chi connectivity index (χ0) is 12.4. The maximum Gasteiger partial charge on any atom is 0.168 e. The molecule has 4 heteroatoms. The highest BCUT2D eigenvalue weighted by atomic mass is 32.2. The fraction of sp³-hybridized carbons (Fsp3) is 0.357. The van der Waals surface area contributed by atoms with Crippen LogP contribution in [0.3, 0.4) is 0 Å². The molecule has 3 nitrogen and oxygen atoms in total. The number of rotatable bonds is 5. The number of aliphatic hydroxyl groups is 1. The van der Waals surface area contributed by atoms with Crippen LogP contribution in [0.5, 0.6) is 0 Å². The van der Waals surface area contributed by atoms with Crippen molar-refractivity contribution < 1.29 is 5.11 Å². The van der Waals surface area contributed by atoms with Gasteiger partial charge in [0.2, 0.25) is 0 Å². The minimum atomic E-state index is 0.197. The van der Waals surface area contributed by atoms with E-state index >= 15 is 0 Å². The summed E-state index contributed by atoms with van der Waals surface area (Å²) in [5, 5.41) is 9.97. The number of nitrogens with zero attached hydrogens (tertiary/aromatic N) is 2. The molecule has 1 N–H and O–H groups in total. The zero-order valence-corrected chi connectivity index (χ0v) is 10.9. The average molecular weight is 260 g/mol. The van der Waals surface area contributed by atoms with Crippen LogP contribution in [0.4, 0.5) is 0 Å². The number of aromatic nitrogens is 2. The molecule has 0 saturated heterocycles. The summed E-state index contributed by atoms with van der Waals surface area (Å²) in [4.78, 5) is 4.51. The van der Waals surface area contributed by atoms with E-state index in [1.807, 2.05) is 12.3 Å². The van der Waals surface area contributed by atoms with Crippen LogP contribution in [0.2, 0.25) is 0 Å². The van der Waals surface area contributed by atoms with E-state index in [-0.39, 0.29) is 6.61 Å². The van der Waals surface area contributed by atoms with Crippen LogP contribution in [0.25, 0.3) is 11.3 Å². The Morgan fingerprint density at radius 1 is 1.28 bits per heavy atom. The highest BCUT2D eigenvalue weighted by molar-refractivity contribution is 7.99. The molecule has 0 radical (unpaired) electrons.